The van der Waals surface area contributed by atoms with Gasteiger partial charge in [0.1, 0.15) is 5.75 Å². The number of imide groups is 2. The molecule has 0 aromatic heterocycles. The molecule has 3 fully saturated rings. The van der Waals surface area contributed by atoms with Crippen molar-refractivity contribution < 1.29 is 34.2 Å². The molecule has 2 saturated heterocycles. The summed E-state index contributed by atoms with van der Waals surface area (Å²) in [5.41, 5.74) is 1.30. The summed E-state index contributed by atoms with van der Waals surface area (Å²) in [6.45, 7) is 1.67. The van der Waals surface area contributed by atoms with Crippen molar-refractivity contribution in [1.82, 2.24) is 9.80 Å². The highest BCUT2D eigenvalue weighted by Gasteiger charge is 2.76. The van der Waals surface area contributed by atoms with E-state index < -0.39 is 63.0 Å². The van der Waals surface area contributed by atoms with Gasteiger partial charge < -0.3 is 10.2 Å². The number of carbonyl (C=O) groups excluding carboxylic acids is 4. The first-order chi connectivity index (χ1) is 17.9. The van der Waals surface area contributed by atoms with Crippen LogP contribution in [-0.2, 0) is 24.0 Å². The van der Waals surface area contributed by atoms with Crippen LogP contribution < -0.4 is 0 Å². The number of aromatic hydroxyl groups is 1. The van der Waals surface area contributed by atoms with Gasteiger partial charge in [0.25, 0.3) is 11.8 Å². The number of hydrogen-bond acceptors (Lipinski definition) is 6. The van der Waals surface area contributed by atoms with Crippen molar-refractivity contribution in [3.05, 3.63) is 41.0 Å². The van der Waals surface area contributed by atoms with Crippen molar-refractivity contribution in [2.75, 3.05) is 12.0 Å². The van der Waals surface area contributed by atoms with E-state index in [1.807, 2.05) is 0 Å². The van der Waals surface area contributed by atoms with Crippen molar-refractivity contribution in [1.29, 1.82) is 0 Å². The van der Waals surface area contributed by atoms with Crippen molar-refractivity contribution in [2.45, 2.75) is 48.3 Å². The maximum Gasteiger partial charge on any atom is 0.303 e. The summed E-state index contributed by atoms with van der Waals surface area (Å²) >= 11 is 17.4. The van der Waals surface area contributed by atoms with Crippen LogP contribution >= 0.6 is 39.1 Å². The summed E-state index contributed by atoms with van der Waals surface area (Å²) in [6.07, 6.45) is 1.77. The molecule has 1 saturated carbocycles. The number of rotatable bonds is 6. The Labute approximate surface area is 236 Å². The van der Waals surface area contributed by atoms with E-state index in [4.69, 9.17) is 28.3 Å². The van der Waals surface area contributed by atoms with E-state index >= 15 is 0 Å². The van der Waals surface area contributed by atoms with Gasteiger partial charge >= 0.3 is 5.97 Å². The molecule has 2 aliphatic heterocycles. The molecule has 0 bridgehead atoms. The average Bonchev–Trinajstić information content (AvgIpc) is 3.19. The van der Waals surface area contributed by atoms with Gasteiger partial charge in [-0.15, -0.1) is 23.2 Å². The minimum absolute atomic E-state index is 0.0264. The molecule has 0 radical (unpaired) electrons. The second-order valence-electron chi connectivity index (χ2n) is 10.3. The second kappa shape index (κ2) is 9.34. The first-order valence-electron chi connectivity index (χ1n) is 12.3. The Bertz CT molecular complexity index is 1320. The Balaban J connectivity index is 1.64. The summed E-state index contributed by atoms with van der Waals surface area (Å²) in [4.78, 5) is 63.2. The van der Waals surface area contributed by atoms with Crippen LogP contribution in [0.4, 0.5) is 0 Å². The fraction of sp³-hybridized carbons (Fsp3) is 0.500. The number of carboxylic acids is 1. The summed E-state index contributed by atoms with van der Waals surface area (Å²) in [6, 6.07) is 5.02. The molecule has 202 valence electrons. The zero-order chi connectivity index (χ0) is 27.7. The lowest BCUT2D eigenvalue weighted by Gasteiger charge is -2.50. The van der Waals surface area contributed by atoms with E-state index in [1.165, 1.54) is 0 Å². The Hall–Kier alpha value is -2.43. The zero-order valence-corrected chi connectivity index (χ0v) is 23.4. The number of carboxylic acid groups (broad SMARTS) is 1. The highest BCUT2D eigenvalue weighted by molar-refractivity contribution is 9.09. The summed E-state index contributed by atoms with van der Waals surface area (Å²) in [5, 5.41) is 20.0. The van der Waals surface area contributed by atoms with Gasteiger partial charge in [-0.2, -0.15) is 0 Å². The molecule has 2 aliphatic carbocycles. The number of benzene rings is 1. The smallest absolute Gasteiger partial charge is 0.303 e. The Morgan fingerprint density at radius 1 is 1.11 bits per heavy atom. The Morgan fingerprint density at radius 3 is 2.47 bits per heavy atom. The number of alkyl halides is 3. The maximum atomic E-state index is 13.7. The minimum Gasteiger partial charge on any atom is -0.507 e. The van der Waals surface area contributed by atoms with Gasteiger partial charge in [-0.05, 0) is 37.7 Å². The Kier molecular flexibility index (Phi) is 6.68. The number of hydrogen-bond donors (Lipinski definition) is 2. The van der Waals surface area contributed by atoms with Gasteiger partial charge in [0.05, 0.1) is 17.3 Å². The highest BCUT2D eigenvalue weighted by Crippen LogP contribution is 2.66. The van der Waals surface area contributed by atoms with Crippen molar-refractivity contribution in [3.63, 3.8) is 0 Å². The largest absolute Gasteiger partial charge is 0.507 e. The van der Waals surface area contributed by atoms with E-state index in [9.17, 15) is 29.1 Å². The van der Waals surface area contributed by atoms with Gasteiger partial charge in [0.2, 0.25) is 11.8 Å². The van der Waals surface area contributed by atoms with Gasteiger partial charge in [-0.3, -0.25) is 33.8 Å². The lowest BCUT2D eigenvalue weighted by atomic mass is 9.56. The van der Waals surface area contributed by atoms with E-state index in [2.05, 4.69) is 15.9 Å². The lowest BCUT2D eigenvalue weighted by Crippen LogP contribution is -2.60. The number of allylic oxidation sites excluding steroid dienone is 2. The SMILES string of the molecule is Cc1cccc([C@H]2C3=CC[C@@H]4C(=O)N(CCCC(=O)O)C(=O)[C@@H]4[C@@H]3C[C@@]3(Cl)C(=O)N(CBr)C(=O)[C@@]23Cl)c1O. The molecule has 2 heterocycles. The molecule has 2 N–H and O–H groups in total. The highest BCUT2D eigenvalue weighted by atomic mass is 79.9. The molecule has 0 spiro atoms. The fourth-order valence-electron chi connectivity index (χ4n) is 6.69. The number of phenolic OH excluding ortho intramolecular Hbond substituents is 1. The molecule has 1 aromatic carbocycles. The van der Waals surface area contributed by atoms with Crippen LogP contribution in [0, 0.1) is 24.7 Å². The maximum absolute atomic E-state index is 13.7. The molecule has 0 unspecified atom stereocenters. The number of para-hydroxylation sites is 1. The van der Waals surface area contributed by atoms with E-state index in [0.717, 1.165) is 9.80 Å². The molecule has 12 heteroatoms. The predicted octanol–water partition coefficient (Wildman–Crippen LogP) is 3.28. The molecule has 4 amide bonds. The third-order valence-electron chi connectivity index (χ3n) is 8.46. The minimum atomic E-state index is -1.98. The Morgan fingerprint density at radius 2 is 1.82 bits per heavy atom. The van der Waals surface area contributed by atoms with Crippen molar-refractivity contribution >= 4 is 68.7 Å². The number of halogens is 3. The summed E-state index contributed by atoms with van der Waals surface area (Å²) < 4.78 is 0. The van der Waals surface area contributed by atoms with Crippen molar-refractivity contribution in [2.24, 2.45) is 17.8 Å². The first kappa shape index (κ1) is 27.1. The third-order valence-corrected chi connectivity index (χ3v) is 10.4. The molecule has 6 atom stereocenters. The lowest BCUT2D eigenvalue weighted by molar-refractivity contribution is -0.142. The number of aliphatic carboxylic acids is 1. The fourth-order valence-corrected chi connectivity index (χ4v) is 8.10. The third kappa shape index (κ3) is 3.52. The van der Waals surface area contributed by atoms with Crippen LogP contribution in [0.1, 0.15) is 42.7 Å². The monoisotopic (exact) mass is 626 g/mol. The predicted molar refractivity (Wildman–Crippen MR) is 140 cm³/mol. The molecule has 1 aromatic rings. The van der Waals surface area contributed by atoms with Crippen LogP contribution in [-0.4, -0.2) is 71.4 Å². The number of fused-ring (bicyclic) bond motifs is 4. The van der Waals surface area contributed by atoms with Gasteiger partial charge in [-0.1, -0.05) is 45.8 Å². The number of amides is 4. The van der Waals surface area contributed by atoms with Crippen LogP contribution in [0.3, 0.4) is 0 Å². The van der Waals surface area contributed by atoms with Crippen LogP contribution in [0.25, 0.3) is 0 Å². The van der Waals surface area contributed by atoms with Gasteiger partial charge in [0.15, 0.2) is 9.75 Å². The van der Waals surface area contributed by atoms with Crippen molar-refractivity contribution in [3.8, 4) is 5.75 Å². The molecule has 5 rings (SSSR count). The van der Waals surface area contributed by atoms with Gasteiger partial charge in [0, 0.05) is 24.4 Å². The quantitative estimate of drug-likeness (QED) is 0.214. The molecular weight excluding hydrogens is 603 g/mol. The number of likely N-dealkylation sites (tertiary alicyclic amines) is 2. The number of phenols is 1. The number of carbonyl (C=O) groups is 5. The first-order valence-corrected chi connectivity index (χ1v) is 14.1. The van der Waals surface area contributed by atoms with E-state index in [0.29, 0.717) is 16.7 Å². The topological polar surface area (TPSA) is 132 Å². The number of nitrogens with zero attached hydrogens (tertiary/aromatic N) is 2. The summed E-state index contributed by atoms with van der Waals surface area (Å²) in [5.74, 6) is -6.65. The molecular formula is C26H25BrCl2N2O7. The molecule has 38 heavy (non-hydrogen) atoms. The van der Waals surface area contributed by atoms with Gasteiger partial charge in [-0.25, -0.2) is 0 Å². The van der Waals surface area contributed by atoms with Crippen LogP contribution in [0.15, 0.2) is 29.8 Å². The average molecular weight is 628 g/mol. The van der Waals surface area contributed by atoms with E-state index in [1.54, 1.807) is 31.2 Å². The second-order valence-corrected chi connectivity index (χ2v) is 12.1. The molecule has 9 nitrogen and oxygen atoms in total. The van der Waals surface area contributed by atoms with E-state index in [-0.39, 0.29) is 43.4 Å². The standard InChI is InChI=1S/C26H25BrCl2N2O7/c1-12-4-2-5-15(20(12)34)19-13-7-8-14-18(22(36)30(21(14)35)9-3-6-17(32)33)16(13)10-25(28)23(37)31(11-27)24(38)26(19,25)29/h2,4-5,7,14,16,18-19,34H,3,6,8-11H2,1H3,(H,32,33)/t14-,16+,18-,19+,25+,26-/m0/s1. The molecule has 4 aliphatic rings. The summed E-state index contributed by atoms with van der Waals surface area (Å²) in [7, 11) is 0. The normalized spacial score (nSPS) is 34.3. The van der Waals surface area contributed by atoms with Crippen LogP contribution in [0.2, 0.25) is 0 Å². The number of aryl methyl sites for hydroxylation is 1. The van der Waals surface area contributed by atoms with Crippen LogP contribution in [0.5, 0.6) is 5.75 Å². The zero-order valence-electron chi connectivity index (χ0n) is 20.3.